The minimum absolute atomic E-state index is 0.0334. The van der Waals surface area contributed by atoms with Crippen LogP contribution in [-0.2, 0) is 22.5 Å². The topological polar surface area (TPSA) is 98.1 Å². The molecule has 1 unspecified atom stereocenters. The van der Waals surface area contributed by atoms with E-state index < -0.39 is 6.67 Å². The average Bonchev–Trinajstić information content (AvgIpc) is 3.06. The van der Waals surface area contributed by atoms with Crippen LogP contribution in [-0.4, -0.2) is 105 Å². The van der Waals surface area contributed by atoms with Crippen molar-refractivity contribution in [2.24, 2.45) is 0 Å². The molecule has 0 saturated carbocycles. The predicted octanol–water partition coefficient (Wildman–Crippen LogP) is 3.91. The Balaban J connectivity index is 0.00000128. The molecule has 1 amide bonds. The first-order chi connectivity index (χ1) is 21.9. The molecule has 3 aromatic rings. The van der Waals surface area contributed by atoms with Crippen molar-refractivity contribution in [2.45, 2.75) is 32.9 Å². The van der Waals surface area contributed by atoms with Gasteiger partial charge >= 0.3 is 6.01 Å². The summed E-state index contributed by atoms with van der Waals surface area (Å²) in [5.41, 5.74) is 4.58. The van der Waals surface area contributed by atoms with Crippen molar-refractivity contribution in [3.8, 4) is 12.1 Å². The molecule has 10 nitrogen and oxygen atoms in total. The molecule has 1 atom stereocenters. The van der Waals surface area contributed by atoms with E-state index in [4.69, 9.17) is 24.7 Å². The Labute approximate surface area is 264 Å². The van der Waals surface area contributed by atoms with E-state index in [1.165, 1.54) is 41.1 Å². The summed E-state index contributed by atoms with van der Waals surface area (Å²) < 4.78 is 24.6. The third-order valence-corrected chi connectivity index (χ3v) is 8.44. The van der Waals surface area contributed by atoms with Gasteiger partial charge in [-0.1, -0.05) is 30.3 Å². The Morgan fingerprint density at radius 3 is 2.60 bits per heavy atom. The molecule has 0 radical (unpaired) electrons. The number of anilines is 2. The van der Waals surface area contributed by atoms with E-state index in [-0.39, 0.29) is 12.0 Å². The first kappa shape index (κ1) is 32.1. The number of carbonyl (C=O) groups excluding carboxylic acids is 1. The molecule has 2 aromatic carbocycles. The molecule has 45 heavy (non-hydrogen) atoms. The lowest BCUT2D eigenvalue weighted by Crippen LogP contribution is -2.49. The van der Waals surface area contributed by atoms with E-state index in [0.29, 0.717) is 51.9 Å². The van der Waals surface area contributed by atoms with Gasteiger partial charge in [-0.05, 0) is 43.5 Å². The second-order valence-corrected chi connectivity index (χ2v) is 11.5. The van der Waals surface area contributed by atoms with Crippen LogP contribution in [0.5, 0.6) is 6.01 Å². The number of fused-ring (bicyclic) bond motifs is 2. The number of likely N-dealkylation sites (N-methyl/N-ethyl adjacent to an activating group) is 1. The highest BCUT2D eigenvalue weighted by atomic mass is 19.1. The zero-order chi connectivity index (χ0) is 31.8. The predicted molar refractivity (Wildman–Crippen MR) is 173 cm³/mol. The molecule has 2 saturated heterocycles. The SMILES string of the molecule is CC#N.Cc1cccc2cccc(N3CCc4c(nc(OCC5CN(C)CCO5)nc4N4CCN(C(=O)/C=C/CF)CC4)C3)c12. The first-order valence-electron chi connectivity index (χ1n) is 15.5. The summed E-state index contributed by atoms with van der Waals surface area (Å²) in [5.74, 6) is 0.733. The van der Waals surface area contributed by atoms with Gasteiger partial charge in [0.1, 0.15) is 25.2 Å². The third kappa shape index (κ3) is 7.70. The molecule has 0 bridgehead atoms. The molecule has 0 aliphatic carbocycles. The highest BCUT2D eigenvalue weighted by Crippen LogP contribution is 2.35. The summed E-state index contributed by atoms with van der Waals surface area (Å²) in [4.78, 5) is 30.9. The molecule has 3 aliphatic rings. The van der Waals surface area contributed by atoms with Gasteiger partial charge in [-0.15, -0.1) is 0 Å². The standard InChI is InChI=1S/C32H39FN6O3.C2H3N/c1-23-6-3-7-24-8-4-9-28(30(23)24)39-13-11-26-27(21-39)34-32(42-22-25-20-36(2)18-19-41-25)35-31(26)38-16-14-37(15-17-38)29(40)10-5-12-33;1-2-3/h3-10,25H,11-22H2,1-2H3;1H3/b10-5+;. The van der Waals surface area contributed by atoms with Gasteiger partial charge in [-0.2, -0.15) is 15.2 Å². The summed E-state index contributed by atoms with van der Waals surface area (Å²) in [6.07, 6.45) is 3.36. The molecule has 238 valence electrons. The van der Waals surface area contributed by atoms with Crippen LogP contribution >= 0.6 is 0 Å². The lowest BCUT2D eigenvalue weighted by molar-refractivity contribution is -0.126. The largest absolute Gasteiger partial charge is 0.461 e. The number of nitrogens with zero attached hydrogens (tertiary/aromatic N) is 7. The number of morpholine rings is 1. The number of piperazine rings is 1. The molecule has 11 heteroatoms. The van der Waals surface area contributed by atoms with Crippen LogP contribution in [0.4, 0.5) is 15.9 Å². The van der Waals surface area contributed by atoms with Crippen LogP contribution in [0.2, 0.25) is 0 Å². The summed E-state index contributed by atoms with van der Waals surface area (Å²) in [7, 11) is 2.09. The van der Waals surface area contributed by atoms with Gasteiger partial charge in [0.15, 0.2) is 0 Å². The number of benzene rings is 2. The van der Waals surface area contributed by atoms with E-state index in [9.17, 15) is 9.18 Å². The molecule has 6 rings (SSSR count). The molecule has 2 fully saturated rings. The highest BCUT2D eigenvalue weighted by Gasteiger charge is 2.29. The number of rotatable bonds is 7. The average molecular weight is 616 g/mol. The molecule has 0 spiro atoms. The summed E-state index contributed by atoms with van der Waals surface area (Å²) in [5, 5.41) is 9.83. The molecule has 4 heterocycles. The van der Waals surface area contributed by atoms with Gasteiger partial charge in [0.05, 0.1) is 24.9 Å². The van der Waals surface area contributed by atoms with Crippen molar-refractivity contribution in [1.82, 2.24) is 19.8 Å². The van der Waals surface area contributed by atoms with Gasteiger partial charge < -0.3 is 29.1 Å². The Morgan fingerprint density at radius 1 is 1.11 bits per heavy atom. The van der Waals surface area contributed by atoms with E-state index >= 15 is 0 Å². The number of amides is 1. The minimum atomic E-state index is -0.640. The normalized spacial score (nSPS) is 18.7. The lowest BCUT2D eigenvalue weighted by Gasteiger charge is -2.38. The van der Waals surface area contributed by atoms with Crippen LogP contribution in [0.15, 0.2) is 48.6 Å². The fraction of sp³-hybridized carbons (Fsp3) is 0.471. The third-order valence-electron chi connectivity index (χ3n) is 8.44. The van der Waals surface area contributed by atoms with Crippen LogP contribution in [0.3, 0.4) is 0 Å². The number of alkyl halides is 1. The number of aryl methyl sites for hydroxylation is 1. The van der Waals surface area contributed by atoms with E-state index in [1.807, 2.05) is 0 Å². The van der Waals surface area contributed by atoms with Crippen molar-refractivity contribution < 1.29 is 18.7 Å². The second-order valence-electron chi connectivity index (χ2n) is 11.5. The maximum absolute atomic E-state index is 12.5. The van der Waals surface area contributed by atoms with Crippen LogP contribution < -0.4 is 14.5 Å². The smallest absolute Gasteiger partial charge is 0.318 e. The number of aromatic nitrogens is 2. The Morgan fingerprint density at radius 2 is 1.87 bits per heavy atom. The van der Waals surface area contributed by atoms with Crippen molar-refractivity contribution in [3.63, 3.8) is 0 Å². The number of nitriles is 1. The van der Waals surface area contributed by atoms with Crippen LogP contribution in [0.25, 0.3) is 10.8 Å². The second kappa shape index (κ2) is 15.1. The van der Waals surface area contributed by atoms with Gasteiger partial charge in [0.25, 0.3) is 0 Å². The summed E-state index contributed by atoms with van der Waals surface area (Å²) in [6.45, 7) is 9.63. The molecular formula is C34H42FN7O3. The van der Waals surface area contributed by atoms with Gasteiger partial charge in [-0.25, -0.2) is 4.39 Å². The number of hydrogen-bond acceptors (Lipinski definition) is 9. The molecule has 3 aliphatic heterocycles. The summed E-state index contributed by atoms with van der Waals surface area (Å²) in [6, 6.07) is 15.0. The monoisotopic (exact) mass is 615 g/mol. The maximum atomic E-state index is 12.5. The van der Waals surface area contributed by atoms with Gasteiger partial charge in [0, 0.05) is 75.5 Å². The van der Waals surface area contributed by atoms with Gasteiger partial charge in [0.2, 0.25) is 5.91 Å². The van der Waals surface area contributed by atoms with E-state index in [0.717, 1.165) is 43.1 Å². The van der Waals surface area contributed by atoms with Crippen LogP contribution in [0.1, 0.15) is 23.7 Å². The molecule has 0 N–H and O–H groups in total. The lowest BCUT2D eigenvalue weighted by atomic mass is 9.99. The first-order valence-corrected chi connectivity index (χ1v) is 15.5. The number of allylic oxidation sites excluding steroid dienone is 1. The highest BCUT2D eigenvalue weighted by molar-refractivity contribution is 5.97. The zero-order valence-corrected chi connectivity index (χ0v) is 26.4. The fourth-order valence-corrected chi connectivity index (χ4v) is 6.21. The zero-order valence-electron chi connectivity index (χ0n) is 26.4. The van der Waals surface area contributed by atoms with E-state index in [2.05, 4.69) is 65.1 Å². The summed E-state index contributed by atoms with van der Waals surface area (Å²) >= 11 is 0. The fourth-order valence-electron chi connectivity index (χ4n) is 6.21. The van der Waals surface area contributed by atoms with Crippen molar-refractivity contribution in [3.05, 3.63) is 65.4 Å². The number of ether oxygens (including phenoxy) is 2. The Kier molecular flexibility index (Phi) is 10.8. The number of hydrogen-bond donors (Lipinski definition) is 0. The quantitative estimate of drug-likeness (QED) is 0.367. The van der Waals surface area contributed by atoms with Crippen molar-refractivity contribution in [2.75, 3.05) is 82.5 Å². The van der Waals surface area contributed by atoms with Gasteiger partial charge in [-0.3, -0.25) is 4.79 Å². The van der Waals surface area contributed by atoms with Crippen molar-refractivity contribution >= 4 is 28.2 Å². The van der Waals surface area contributed by atoms with E-state index in [1.54, 1.807) is 11.0 Å². The maximum Gasteiger partial charge on any atom is 0.318 e. The number of halogens is 1. The number of carbonyl (C=O) groups is 1. The Hall–Kier alpha value is -4.27. The molecule has 1 aromatic heterocycles. The van der Waals surface area contributed by atoms with Crippen LogP contribution in [0, 0.1) is 18.3 Å². The Bertz CT molecular complexity index is 1550. The van der Waals surface area contributed by atoms with Crippen molar-refractivity contribution in [1.29, 1.82) is 5.26 Å². The molecular weight excluding hydrogens is 573 g/mol. The minimum Gasteiger partial charge on any atom is -0.461 e.